The number of methoxy groups -OCH3 is 1. The lowest BCUT2D eigenvalue weighted by atomic mass is 10.4. The van der Waals surface area contributed by atoms with Crippen molar-refractivity contribution >= 4 is 12.6 Å². The summed E-state index contributed by atoms with van der Waals surface area (Å²) in [6, 6.07) is 0. The largest absolute Gasteiger partial charge is 0.379 e. The Morgan fingerprint density at radius 3 is 2.50 bits per heavy atom. The van der Waals surface area contributed by atoms with E-state index >= 15 is 0 Å². The zero-order chi connectivity index (χ0) is 6.41. The summed E-state index contributed by atoms with van der Waals surface area (Å²) in [6.45, 7) is 0.875. The van der Waals surface area contributed by atoms with Gasteiger partial charge in [0.2, 0.25) is 0 Å². The van der Waals surface area contributed by atoms with Crippen molar-refractivity contribution in [3.8, 4) is 0 Å². The van der Waals surface area contributed by atoms with Crippen LogP contribution in [0.3, 0.4) is 0 Å². The first kappa shape index (κ1) is 8.27. The molecule has 0 aliphatic carbocycles. The highest BCUT2D eigenvalue weighted by molar-refractivity contribution is 7.80. The summed E-state index contributed by atoms with van der Waals surface area (Å²) in [5.41, 5.74) is 0. The second-order valence-corrected chi connectivity index (χ2v) is 1.96. The maximum atomic E-state index is 5.00. The first-order chi connectivity index (χ1) is 3.85. The van der Waals surface area contributed by atoms with Crippen LogP contribution < -0.4 is 5.32 Å². The molecule has 2 nitrogen and oxygen atoms in total. The molecule has 1 unspecified atom stereocenters. The molecule has 0 aromatic carbocycles. The maximum absolute atomic E-state index is 5.00. The molecule has 0 saturated heterocycles. The molecule has 0 heterocycles. The number of rotatable bonds is 4. The lowest BCUT2D eigenvalue weighted by Gasteiger charge is -2.09. The Kier molecular flexibility index (Phi) is 5.59. The third-order valence-electron chi connectivity index (χ3n) is 0.969. The maximum Gasteiger partial charge on any atom is 0.0783 e. The number of nitrogens with one attached hydrogen (secondary N) is 1. The van der Waals surface area contributed by atoms with Crippen molar-refractivity contribution in [1.29, 1.82) is 0 Å². The van der Waals surface area contributed by atoms with Gasteiger partial charge in [0.1, 0.15) is 0 Å². The third kappa shape index (κ3) is 3.29. The lowest BCUT2D eigenvalue weighted by molar-refractivity contribution is 0.123. The third-order valence-corrected chi connectivity index (χ3v) is 1.38. The van der Waals surface area contributed by atoms with Gasteiger partial charge in [-0.2, -0.15) is 12.6 Å². The second kappa shape index (κ2) is 5.41. The molecular formula is C5H13NOS. The van der Waals surface area contributed by atoms with Gasteiger partial charge in [-0.05, 0) is 7.05 Å². The van der Waals surface area contributed by atoms with Gasteiger partial charge in [0.05, 0.1) is 6.10 Å². The van der Waals surface area contributed by atoms with Crippen LogP contribution in [-0.2, 0) is 4.74 Å². The first-order valence-electron chi connectivity index (χ1n) is 2.63. The molecule has 0 aliphatic rings. The SMILES string of the molecule is CNCC(CS)OC. The smallest absolute Gasteiger partial charge is 0.0783 e. The average molecular weight is 135 g/mol. The van der Waals surface area contributed by atoms with Crippen LogP contribution in [0.4, 0.5) is 0 Å². The number of ether oxygens (including phenoxy) is 1. The van der Waals surface area contributed by atoms with Crippen LogP contribution in [0.5, 0.6) is 0 Å². The van der Waals surface area contributed by atoms with E-state index in [1.165, 1.54) is 0 Å². The van der Waals surface area contributed by atoms with Gasteiger partial charge in [-0.3, -0.25) is 0 Å². The van der Waals surface area contributed by atoms with Gasteiger partial charge in [0.15, 0.2) is 0 Å². The summed E-state index contributed by atoms with van der Waals surface area (Å²) < 4.78 is 5.00. The fourth-order valence-corrected chi connectivity index (χ4v) is 0.728. The molecule has 3 heteroatoms. The molecule has 0 aromatic rings. The van der Waals surface area contributed by atoms with Crippen molar-refractivity contribution in [2.24, 2.45) is 0 Å². The summed E-state index contributed by atoms with van der Waals surface area (Å²) in [6.07, 6.45) is 0.253. The van der Waals surface area contributed by atoms with Crippen molar-refractivity contribution in [2.75, 3.05) is 26.5 Å². The van der Waals surface area contributed by atoms with Crippen LogP contribution in [0.1, 0.15) is 0 Å². The number of hydrogen-bond acceptors (Lipinski definition) is 3. The fraction of sp³-hybridized carbons (Fsp3) is 1.00. The zero-order valence-corrected chi connectivity index (χ0v) is 6.24. The Labute approximate surface area is 56.0 Å². The first-order valence-corrected chi connectivity index (χ1v) is 3.26. The Morgan fingerprint density at radius 1 is 1.75 bits per heavy atom. The minimum absolute atomic E-state index is 0.253. The summed E-state index contributed by atoms with van der Waals surface area (Å²) in [7, 11) is 3.59. The molecule has 0 amide bonds. The topological polar surface area (TPSA) is 21.3 Å². The van der Waals surface area contributed by atoms with Crippen LogP contribution in [0, 0.1) is 0 Å². The van der Waals surface area contributed by atoms with Gasteiger partial charge in [-0.25, -0.2) is 0 Å². The Hall–Kier alpha value is 0.270. The van der Waals surface area contributed by atoms with Crippen molar-refractivity contribution in [1.82, 2.24) is 5.32 Å². The van der Waals surface area contributed by atoms with E-state index in [1.807, 2.05) is 7.05 Å². The molecule has 0 rings (SSSR count). The van der Waals surface area contributed by atoms with Gasteiger partial charge in [-0.1, -0.05) is 0 Å². The quantitative estimate of drug-likeness (QED) is 0.535. The highest BCUT2D eigenvalue weighted by Crippen LogP contribution is 1.88. The lowest BCUT2D eigenvalue weighted by Crippen LogP contribution is -2.26. The Balaban J connectivity index is 3.07. The monoisotopic (exact) mass is 135 g/mol. The molecule has 0 spiro atoms. The normalized spacial score (nSPS) is 13.9. The standard InChI is InChI=1S/C5H13NOS/c1-6-3-5(4-8)7-2/h5-6,8H,3-4H2,1-2H3. The van der Waals surface area contributed by atoms with E-state index in [2.05, 4.69) is 17.9 Å². The van der Waals surface area contributed by atoms with Crippen LogP contribution >= 0.6 is 12.6 Å². The molecule has 1 N–H and O–H groups in total. The minimum Gasteiger partial charge on any atom is -0.379 e. The Morgan fingerprint density at radius 2 is 2.38 bits per heavy atom. The van der Waals surface area contributed by atoms with E-state index in [-0.39, 0.29) is 6.10 Å². The molecule has 0 aromatic heterocycles. The van der Waals surface area contributed by atoms with Crippen LogP contribution in [0.2, 0.25) is 0 Å². The van der Waals surface area contributed by atoms with Gasteiger partial charge in [0, 0.05) is 19.4 Å². The fourth-order valence-electron chi connectivity index (χ4n) is 0.450. The second-order valence-electron chi connectivity index (χ2n) is 1.60. The van der Waals surface area contributed by atoms with Crippen molar-refractivity contribution in [2.45, 2.75) is 6.10 Å². The molecular weight excluding hydrogens is 122 g/mol. The van der Waals surface area contributed by atoms with E-state index in [4.69, 9.17) is 4.74 Å². The highest BCUT2D eigenvalue weighted by atomic mass is 32.1. The van der Waals surface area contributed by atoms with Crippen molar-refractivity contribution in [3.05, 3.63) is 0 Å². The number of likely N-dealkylation sites (N-methyl/N-ethyl adjacent to an activating group) is 1. The Bertz CT molecular complexity index is 47.7. The summed E-state index contributed by atoms with van der Waals surface area (Å²) in [5, 5.41) is 3.00. The molecule has 0 radical (unpaired) electrons. The molecule has 50 valence electrons. The molecule has 0 bridgehead atoms. The summed E-state index contributed by atoms with van der Waals surface area (Å²) in [4.78, 5) is 0. The average Bonchev–Trinajstić information content (AvgIpc) is 1.83. The van der Waals surface area contributed by atoms with Gasteiger partial charge < -0.3 is 10.1 Å². The van der Waals surface area contributed by atoms with Gasteiger partial charge >= 0.3 is 0 Å². The van der Waals surface area contributed by atoms with Crippen molar-refractivity contribution in [3.63, 3.8) is 0 Å². The predicted octanol–water partition coefficient (Wildman–Crippen LogP) is 0.151. The minimum atomic E-state index is 0.253. The van der Waals surface area contributed by atoms with Gasteiger partial charge in [-0.15, -0.1) is 0 Å². The predicted molar refractivity (Wildman–Crippen MR) is 38.6 cm³/mol. The highest BCUT2D eigenvalue weighted by Gasteiger charge is 1.99. The molecule has 0 saturated carbocycles. The van der Waals surface area contributed by atoms with E-state index < -0.39 is 0 Å². The van der Waals surface area contributed by atoms with E-state index in [0.29, 0.717) is 0 Å². The van der Waals surface area contributed by atoms with Crippen LogP contribution in [0.15, 0.2) is 0 Å². The molecule has 0 aliphatic heterocycles. The summed E-state index contributed by atoms with van der Waals surface area (Å²) in [5.74, 6) is 0.775. The zero-order valence-electron chi connectivity index (χ0n) is 5.35. The van der Waals surface area contributed by atoms with Crippen molar-refractivity contribution < 1.29 is 4.74 Å². The summed E-state index contributed by atoms with van der Waals surface area (Å²) >= 11 is 4.06. The number of hydrogen-bond donors (Lipinski definition) is 2. The van der Waals surface area contributed by atoms with E-state index in [1.54, 1.807) is 7.11 Å². The molecule has 1 atom stereocenters. The van der Waals surface area contributed by atoms with Gasteiger partial charge in [0.25, 0.3) is 0 Å². The van der Waals surface area contributed by atoms with Crippen LogP contribution in [0.25, 0.3) is 0 Å². The number of thiol groups is 1. The van der Waals surface area contributed by atoms with E-state index in [9.17, 15) is 0 Å². The van der Waals surface area contributed by atoms with Crippen LogP contribution in [-0.4, -0.2) is 32.6 Å². The molecule has 8 heavy (non-hydrogen) atoms. The van der Waals surface area contributed by atoms with E-state index in [0.717, 1.165) is 12.3 Å². The molecule has 0 fully saturated rings.